The number of likely N-dealkylation sites (tertiary alicyclic amines) is 1. The van der Waals surface area contributed by atoms with Crippen molar-refractivity contribution in [2.45, 2.75) is 70.3 Å². The molecule has 24 heavy (non-hydrogen) atoms. The Hall–Kier alpha value is -1.10. The van der Waals surface area contributed by atoms with E-state index in [-0.39, 0.29) is 23.7 Å². The van der Waals surface area contributed by atoms with E-state index in [0.29, 0.717) is 19.1 Å². The Morgan fingerprint density at radius 1 is 0.833 bits per heavy atom. The lowest BCUT2D eigenvalue weighted by Crippen LogP contribution is -2.47. The van der Waals surface area contributed by atoms with Crippen molar-refractivity contribution in [3.8, 4) is 0 Å². The zero-order valence-electron chi connectivity index (χ0n) is 14.9. The molecule has 0 spiro atoms. The van der Waals surface area contributed by atoms with E-state index >= 15 is 0 Å². The first kappa shape index (κ1) is 17.7. The Morgan fingerprint density at radius 2 is 1.58 bits per heavy atom. The second kappa shape index (κ2) is 8.84. The molecule has 3 aliphatic rings. The molecule has 0 aromatic heterocycles. The van der Waals surface area contributed by atoms with Crippen molar-refractivity contribution in [3.63, 3.8) is 0 Å². The summed E-state index contributed by atoms with van der Waals surface area (Å²) < 4.78 is 0. The van der Waals surface area contributed by atoms with Gasteiger partial charge in [0, 0.05) is 38.1 Å². The summed E-state index contributed by atoms with van der Waals surface area (Å²) in [6, 6.07) is 0.630. The summed E-state index contributed by atoms with van der Waals surface area (Å²) in [6.07, 6.45) is 11.9. The maximum atomic E-state index is 12.4. The maximum Gasteiger partial charge on any atom is 0.225 e. The van der Waals surface area contributed by atoms with Gasteiger partial charge in [0.1, 0.15) is 0 Å². The number of amides is 2. The van der Waals surface area contributed by atoms with Gasteiger partial charge in [0.05, 0.1) is 5.92 Å². The van der Waals surface area contributed by atoms with Crippen molar-refractivity contribution in [1.29, 1.82) is 0 Å². The summed E-state index contributed by atoms with van der Waals surface area (Å²) in [6.45, 7) is 3.01. The predicted octanol–water partition coefficient (Wildman–Crippen LogP) is 2.06. The molecule has 0 radical (unpaired) electrons. The van der Waals surface area contributed by atoms with Crippen molar-refractivity contribution in [2.75, 3.05) is 26.2 Å². The number of piperidine rings is 1. The molecule has 2 saturated carbocycles. The lowest BCUT2D eigenvalue weighted by molar-refractivity contribution is -0.136. The minimum atomic E-state index is -0.0145. The predicted molar refractivity (Wildman–Crippen MR) is 94.5 cm³/mol. The molecule has 5 nitrogen and oxygen atoms in total. The first-order valence-electron chi connectivity index (χ1n) is 10.0. The minimum absolute atomic E-state index is 0.0145. The highest BCUT2D eigenvalue weighted by Crippen LogP contribution is 2.32. The van der Waals surface area contributed by atoms with Crippen LogP contribution in [0.15, 0.2) is 0 Å². The molecular weight excluding hydrogens is 302 g/mol. The molecule has 3 fully saturated rings. The van der Waals surface area contributed by atoms with Crippen LogP contribution in [0.2, 0.25) is 0 Å². The van der Waals surface area contributed by atoms with Gasteiger partial charge in [-0.05, 0) is 38.5 Å². The van der Waals surface area contributed by atoms with E-state index in [2.05, 4.69) is 10.6 Å². The van der Waals surface area contributed by atoms with Gasteiger partial charge < -0.3 is 15.5 Å². The van der Waals surface area contributed by atoms with E-state index in [9.17, 15) is 9.59 Å². The van der Waals surface area contributed by atoms with Crippen molar-refractivity contribution >= 4 is 11.8 Å². The van der Waals surface area contributed by atoms with Gasteiger partial charge in [-0.2, -0.15) is 0 Å². The van der Waals surface area contributed by atoms with Gasteiger partial charge in [0.2, 0.25) is 11.8 Å². The van der Waals surface area contributed by atoms with Crippen LogP contribution in [0, 0.1) is 11.8 Å². The van der Waals surface area contributed by atoms with E-state index in [1.165, 1.54) is 38.5 Å². The van der Waals surface area contributed by atoms with Crippen molar-refractivity contribution in [2.24, 2.45) is 11.8 Å². The summed E-state index contributed by atoms with van der Waals surface area (Å²) in [7, 11) is 0. The molecule has 1 saturated heterocycles. The van der Waals surface area contributed by atoms with Gasteiger partial charge >= 0.3 is 0 Å². The summed E-state index contributed by atoms with van der Waals surface area (Å²) in [5, 5.41) is 6.66. The maximum absolute atomic E-state index is 12.4. The Kier molecular flexibility index (Phi) is 6.52. The smallest absolute Gasteiger partial charge is 0.225 e. The number of hydrogen-bond donors (Lipinski definition) is 2. The fourth-order valence-corrected chi connectivity index (χ4v) is 4.07. The van der Waals surface area contributed by atoms with Crippen LogP contribution in [0.25, 0.3) is 0 Å². The number of hydrogen-bond acceptors (Lipinski definition) is 3. The second-order valence-electron chi connectivity index (χ2n) is 7.83. The van der Waals surface area contributed by atoms with Crippen LogP contribution < -0.4 is 10.6 Å². The third kappa shape index (κ3) is 5.20. The SMILES string of the molecule is O=C(NCCNC1CCCCCC1)C1CCCN(C(=O)C2CC2)C1. The largest absolute Gasteiger partial charge is 0.355 e. The molecule has 1 unspecified atom stereocenters. The number of carbonyl (C=O) groups is 2. The van der Waals surface area contributed by atoms with Crippen LogP contribution in [-0.4, -0.2) is 48.9 Å². The topological polar surface area (TPSA) is 61.4 Å². The van der Waals surface area contributed by atoms with Gasteiger partial charge in [-0.25, -0.2) is 0 Å². The average molecular weight is 335 g/mol. The third-order valence-electron chi connectivity index (χ3n) is 5.74. The monoisotopic (exact) mass is 335 g/mol. The zero-order chi connectivity index (χ0) is 16.8. The molecule has 1 aliphatic heterocycles. The molecule has 0 aromatic rings. The van der Waals surface area contributed by atoms with Crippen LogP contribution in [0.4, 0.5) is 0 Å². The van der Waals surface area contributed by atoms with E-state index in [1.54, 1.807) is 0 Å². The van der Waals surface area contributed by atoms with Gasteiger partial charge in [-0.1, -0.05) is 25.7 Å². The molecule has 3 rings (SSSR count). The molecule has 2 aliphatic carbocycles. The van der Waals surface area contributed by atoms with Crippen LogP contribution in [0.3, 0.4) is 0 Å². The first-order chi connectivity index (χ1) is 11.7. The molecule has 0 bridgehead atoms. The number of nitrogens with one attached hydrogen (secondary N) is 2. The fraction of sp³-hybridized carbons (Fsp3) is 0.895. The lowest BCUT2D eigenvalue weighted by atomic mass is 9.96. The van der Waals surface area contributed by atoms with Gasteiger partial charge in [-0.15, -0.1) is 0 Å². The van der Waals surface area contributed by atoms with Crippen LogP contribution >= 0.6 is 0 Å². The Balaban J connectivity index is 1.33. The van der Waals surface area contributed by atoms with Crippen molar-refractivity contribution < 1.29 is 9.59 Å². The Labute approximate surface area is 145 Å². The molecule has 136 valence electrons. The molecule has 0 aromatic carbocycles. The quantitative estimate of drug-likeness (QED) is 0.577. The van der Waals surface area contributed by atoms with E-state index in [4.69, 9.17) is 0 Å². The number of rotatable bonds is 6. The lowest BCUT2D eigenvalue weighted by Gasteiger charge is -2.32. The number of carbonyl (C=O) groups excluding carboxylic acids is 2. The summed E-state index contributed by atoms with van der Waals surface area (Å²) >= 11 is 0. The first-order valence-corrected chi connectivity index (χ1v) is 10.0. The highest BCUT2D eigenvalue weighted by molar-refractivity contribution is 5.83. The van der Waals surface area contributed by atoms with Gasteiger partial charge in [0.25, 0.3) is 0 Å². The average Bonchev–Trinajstić information content (AvgIpc) is 3.45. The van der Waals surface area contributed by atoms with E-state index in [0.717, 1.165) is 38.8 Å². The third-order valence-corrected chi connectivity index (χ3v) is 5.74. The van der Waals surface area contributed by atoms with Gasteiger partial charge in [0.15, 0.2) is 0 Å². The number of nitrogens with zero attached hydrogens (tertiary/aromatic N) is 1. The van der Waals surface area contributed by atoms with E-state index < -0.39 is 0 Å². The molecular formula is C19H33N3O2. The highest BCUT2D eigenvalue weighted by atomic mass is 16.2. The summed E-state index contributed by atoms with van der Waals surface area (Å²) in [4.78, 5) is 26.5. The molecule has 5 heteroatoms. The minimum Gasteiger partial charge on any atom is -0.355 e. The Morgan fingerprint density at radius 3 is 2.29 bits per heavy atom. The standard InChI is InChI=1S/C19H33N3O2/c23-18(21-12-11-20-17-7-3-1-2-4-8-17)16-6-5-13-22(14-16)19(24)15-9-10-15/h15-17,20H,1-14H2,(H,21,23). The van der Waals surface area contributed by atoms with Crippen molar-refractivity contribution in [3.05, 3.63) is 0 Å². The molecule has 2 amide bonds. The van der Waals surface area contributed by atoms with Crippen LogP contribution in [0.1, 0.15) is 64.2 Å². The van der Waals surface area contributed by atoms with Crippen molar-refractivity contribution in [1.82, 2.24) is 15.5 Å². The molecule has 1 atom stereocenters. The van der Waals surface area contributed by atoms with E-state index in [1.807, 2.05) is 4.90 Å². The Bertz CT molecular complexity index is 428. The summed E-state index contributed by atoms with van der Waals surface area (Å²) in [5.74, 6) is 0.656. The van der Waals surface area contributed by atoms with Crippen LogP contribution in [0.5, 0.6) is 0 Å². The second-order valence-corrected chi connectivity index (χ2v) is 7.83. The van der Waals surface area contributed by atoms with Crippen LogP contribution in [-0.2, 0) is 9.59 Å². The highest BCUT2D eigenvalue weighted by Gasteiger charge is 2.36. The summed E-state index contributed by atoms with van der Waals surface area (Å²) in [5.41, 5.74) is 0. The van der Waals surface area contributed by atoms with Gasteiger partial charge in [-0.3, -0.25) is 9.59 Å². The normalized spacial score (nSPS) is 26.0. The zero-order valence-corrected chi connectivity index (χ0v) is 14.9. The molecule has 1 heterocycles. The fourth-order valence-electron chi connectivity index (χ4n) is 4.07. The molecule has 2 N–H and O–H groups in total.